The number of carbonyl (C=O) groups is 2. The Hall–Kier alpha value is -2.37. The van der Waals surface area contributed by atoms with Crippen molar-refractivity contribution in [3.05, 3.63) is 30.1 Å². The zero-order valence-electron chi connectivity index (χ0n) is 14.7. The van der Waals surface area contributed by atoms with Crippen LogP contribution >= 0.6 is 0 Å². The number of likely N-dealkylation sites (N-methyl/N-ethyl adjacent to an activating group) is 1. The predicted molar refractivity (Wildman–Crippen MR) is 94.4 cm³/mol. The van der Waals surface area contributed by atoms with E-state index in [4.69, 9.17) is 0 Å². The average molecular weight is 330 g/mol. The van der Waals surface area contributed by atoms with Gasteiger partial charge in [0.1, 0.15) is 12.4 Å². The first-order valence-corrected chi connectivity index (χ1v) is 8.59. The van der Waals surface area contributed by atoms with Gasteiger partial charge in [-0.15, -0.1) is 0 Å². The molecule has 0 spiro atoms. The zero-order chi connectivity index (χ0) is 17.5. The van der Waals surface area contributed by atoms with Crippen LogP contribution < -0.4 is 5.32 Å². The molecule has 130 valence electrons. The summed E-state index contributed by atoms with van der Waals surface area (Å²) in [5, 5.41) is 2.88. The number of fused-ring (bicyclic) bond motifs is 1. The van der Waals surface area contributed by atoms with Gasteiger partial charge in [0, 0.05) is 19.5 Å². The molecule has 0 aliphatic carbocycles. The summed E-state index contributed by atoms with van der Waals surface area (Å²) in [4.78, 5) is 30.6. The van der Waals surface area contributed by atoms with Crippen LogP contribution in [0.4, 0.5) is 0 Å². The summed E-state index contributed by atoms with van der Waals surface area (Å²) in [6, 6.07) is 7.73. The van der Waals surface area contributed by atoms with Crippen LogP contribution in [0.3, 0.4) is 0 Å². The van der Waals surface area contributed by atoms with Gasteiger partial charge in [-0.25, -0.2) is 4.98 Å². The topological polar surface area (TPSA) is 67.2 Å². The van der Waals surface area contributed by atoms with Crippen molar-refractivity contribution in [2.45, 2.75) is 46.7 Å². The van der Waals surface area contributed by atoms with Crippen molar-refractivity contribution in [2.24, 2.45) is 0 Å². The van der Waals surface area contributed by atoms with Crippen molar-refractivity contribution in [3.8, 4) is 0 Å². The minimum Gasteiger partial charge on any atom is -0.349 e. The van der Waals surface area contributed by atoms with Crippen molar-refractivity contribution >= 4 is 22.8 Å². The molecule has 0 saturated carbocycles. The van der Waals surface area contributed by atoms with Crippen molar-refractivity contribution in [1.29, 1.82) is 0 Å². The molecule has 0 aliphatic rings. The Morgan fingerprint density at radius 1 is 1.17 bits per heavy atom. The van der Waals surface area contributed by atoms with Crippen LogP contribution in [0.5, 0.6) is 0 Å². The molecule has 0 atom stereocenters. The van der Waals surface area contributed by atoms with Gasteiger partial charge in [0.25, 0.3) is 0 Å². The Morgan fingerprint density at radius 3 is 2.54 bits per heavy atom. The number of imidazole rings is 1. The molecule has 2 rings (SSSR count). The van der Waals surface area contributed by atoms with Crippen LogP contribution in [0.25, 0.3) is 11.0 Å². The smallest absolute Gasteiger partial charge is 0.242 e. The molecule has 1 aromatic carbocycles. The molecule has 2 aromatic rings. The van der Waals surface area contributed by atoms with Crippen molar-refractivity contribution in [3.63, 3.8) is 0 Å². The maximum Gasteiger partial charge on any atom is 0.242 e. The first-order valence-electron chi connectivity index (χ1n) is 8.59. The summed E-state index contributed by atoms with van der Waals surface area (Å²) >= 11 is 0. The number of aromatic nitrogens is 2. The van der Waals surface area contributed by atoms with Gasteiger partial charge in [-0.3, -0.25) is 9.59 Å². The fourth-order valence-electron chi connectivity index (χ4n) is 2.74. The molecule has 0 saturated heterocycles. The largest absolute Gasteiger partial charge is 0.349 e. The van der Waals surface area contributed by atoms with Gasteiger partial charge in [-0.1, -0.05) is 19.1 Å². The summed E-state index contributed by atoms with van der Waals surface area (Å²) < 4.78 is 1.90. The summed E-state index contributed by atoms with van der Waals surface area (Å²) in [6.07, 6.45) is 1.31. The zero-order valence-corrected chi connectivity index (χ0v) is 14.7. The highest BCUT2D eigenvalue weighted by molar-refractivity contribution is 5.81. The minimum absolute atomic E-state index is 0.00572. The molecule has 0 unspecified atom stereocenters. The molecule has 1 N–H and O–H groups in total. The Kier molecular flexibility index (Phi) is 6.35. The number of nitrogens with zero attached hydrogens (tertiary/aromatic N) is 3. The summed E-state index contributed by atoms with van der Waals surface area (Å²) in [5.41, 5.74) is 1.75. The van der Waals surface area contributed by atoms with E-state index in [9.17, 15) is 9.59 Å². The second-order valence-electron chi connectivity index (χ2n) is 5.70. The van der Waals surface area contributed by atoms with E-state index in [0.717, 1.165) is 17.5 Å². The van der Waals surface area contributed by atoms with E-state index in [0.29, 0.717) is 31.9 Å². The lowest BCUT2D eigenvalue weighted by atomic mass is 10.3. The third-order valence-electron chi connectivity index (χ3n) is 4.06. The average Bonchev–Trinajstić information content (AvgIpc) is 2.92. The number of benzene rings is 1. The minimum atomic E-state index is 0.00572. The maximum atomic E-state index is 12.5. The predicted octanol–water partition coefficient (Wildman–Crippen LogP) is 2.32. The fraction of sp³-hybridized carbons (Fsp3) is 0.500. The molecule has 2 amide bonds. The van der Waals surface area contributed by atoms with Crippen LogP contribution in [0.2, 0.25) is 0 Å². The summed E-state index contributed by atoms with van der Waals surface area (Å²) in [6.45, 7) is 7.85. The molecule has 6 nitrogen and oxygen atoms in total. The van der Waals surface area contributed by atoms with Crippen molar-refractivity contribution in [1.82, 2.24) is 19.8 Å². The second kappa shape index (κ2) is 8.47. The third kappa shape index (κ3) is 4.13. The molecular weight excluding hydrogens is 304 g/mol. The maximum absolute atomic E-state index is 12.5. The van der Waals surface area contributed by atoms with E-state index in [1.54, 1.807) is 4.90 Å². The number of nitrogens with one attached hydrogen (secondary N) is 1. The quantitative estimate of drug-likeness (QED) is 0.808. The Labute approximate surface area is 142 Å². The van der Waals surface area contributed by atoms with Gasteiger partial charge in [0.15, 0.2) is 0 Å². The Bertz CT molecular complexity index is 704. The number of rotatable bonds is 8. The SMILES string of the molecule is CCCC(=O)NCc1nc2ccccc2n1CC(=O)N(CC)CC. The lowest BCUT2D eigenvalue weighted by Crippen LogP contribution is -2.34. The molecule has 1 aromatic heterocycles. The first kappa shape index (κ1) is 18.0. The van der Waals surface area contributed by atoms with Crippen LogP contribution in [-0.4, -0.2) is 39.4 Å². The molecule has 0 radical (unpaired) electrons. The van der Waals surface area contributed by atoms with Crippen LogP contribution in [0.15, 0.2) is 24.3 Å². The highest BCUT2D eigenvalue weighted by Gasteiger charge is 2.16. The number of amides is 2. The Morgan fingerprint density at radius 2 is 1.88 bits per heavy atom. The molecule has 0 bridgehead atoms. The Balaban J connectivity index is 2.26. The lowest BCUT2D eigenvalue weighted by molar-refractivity contribution is -0.131. The number of para-hydroxylation sites is 2. The van der Waals surface area contributed by atoms with Crippen molar-refractivity contribution in [2.75, 3.05) is 13.1 Å². The normalized spacial score (nSPS) is 10.8. The molecule has 0 fully saturated rings. The third-order valence-corrected chi connectivity index (χ3v) is 4.06. The monoisotopic (exact) mass is 330 g/mol. The van der Waals surface area contributed by atoms with Crippen LogP contribution in [-0.2, 0) is 22.7 Å². The molecule has 24 heavy (non-hydrogen) atoms. The summed E-state index contributed by atoms with van der Waals surface area (Å²) in [5.74, 6) is 0.775. The number of carbonyl (C=O) groups excluding carboxylic acids is 2. The van der Waals surface area contributed by atoms with E-state index >= 15 is 0 Å². The molecule has 1 heterocycles. The number of hydrogen-bond donors (Lipinski definition) is 1. The highest BCUT2D eigenvalue weighted by atomic mass is 16.2. The lowest BCUT2D eigenvalue weighted by Gasteiger charge is -2.20. The van der Waals surface area contributed by atoms with Crippen LogP contribution in [0, 0.1) is 0 Å². The van der Waals surface area contributed by atoms with Gasteiger partial charge >= 0.3 is 0 Å². The standard InChI is InChI=1S/C18H26N4O2/c1-4-9-17(23)19-12-16-20-14-10-7-8-11-15(14)22(16)13-18(24)21(5-2)6-3/h7-8,10-11H,4-6,9,12-13H2,1-3H3,(H,19,23). The van der Waals surface area contributed by atoms with E-state index in [1.165, 1.54) is 0 Å². The molecule has 6 heteroatoms. The van der Waals surface area contributed by atoms with Gasteiger partial charge in [-0.05, 0) is 32.4 Å². The van der Waals surface area contributed by atoms with Gasteiger partial charge < -0.3 is 14.8 Å². The van der Waals surface area contributed by atoms with E-state index in [1.807, 2.05) is 49.6 Å². The van der Waals surface area contributed by atoms with E-state index in [-0.39, 0.29) is 18.4 Å². The van der Waals surface area contributed by atoms with Gasteiger partial charge in [-0.2, -0.15) is 0 Å². The van der Waals surface area contributed by atoms with Gasteiger partial charge in [0.05, 0.1) is 17.6 Å². The molecule has 0 aliphatic heterocycles. The van der Waals surface area contributed by atoms with Crippen LogP contribution in [0.1, 0.15) is 39.4 Å². The molecular formula is C18H26N4O2. The highest BCUT2D eigenvalue weighted by Crippen LogP contribution is 2.16. The number of hydrogen-bond acceptors (Lipinski definition) is 3. The fourth-order valence-corrected chi connectivity index (χ4v) is 2.74. The van der Waals surface area contributed by atoms with E-state index < -0.39 is 0 Å². The first-order chi connectivity index (χ1) is 11.6. The summed E-state index contributed by atoms with van der Waals surface area (Å²) in [7, 11) is 0. The van der Waals surface area contributed by atoms with Crippen molar-refractivity contribution < 1.29 is 9.59 Å². The second-order valence-corrected chi connectivity index (χ2v) is 5.70. The van der Waals surface area contributed by atoms with Gasteiger partial charge in [0.2, 0.25) is 11.8 Å². The van der Waals surface area contributed by atoms with E-state index in [2.05, 4.69) is 10.3 Å².